The number of hydrogen-bond acceptors (Lipinski definition) is 3. The third-order valence-corrected chi connectivity index (χ3v) is 4.22. The molecular weight excluding hydrogens is 332 g/mol. The molecule has 116 valence electrons. The van der Waals surface area contributed by atoms with Gasteiger partial charge in [-0.25, -0.2) is 0 Å². The predicted molar refractivity (Wildman–Crippen MR) is 87.9 cm³/mol. The number of nitrogens with zero attached hydrogens (tertiary/aromatic N) is 1. The number of benzene rings is 1. The molecule has 0 aromatic heterocycles. The molecule has 0 atom stereocenters. The highest BCUT2D eigenvalue weighted by molar-refractivity contribution is 9.10. The van der Waals surface area contributed by atoms with E-state index in [1.54, 1.807) is 0 Å². The summed E-state index contributed by atoms with van der Waals surface area (Å²) in [4.78, 5) is 14.6. The Kier molecular flexibility index (Phi) is 5.65. The number of halogens is 1. The molecule has 1 aromatic carbocycles. The van der Waals surface area contributed by atoms with Gasteiger partial charge >= 0.3 is 0 Å². The van der Waals surface area contributed by atoms with Crippen molar-refractivity contribution in [2.24, 2.45) is 0 Å². The second kappa shape index (κ2) is 7.27. The zero-order chi connectivity index (χ0) is 15.4. The minimum absolute atomic E-state index is 0.0425. The summed E-state index contributed by atoms with van der Waals surface area (Å²) in [6.07, 6.45) is 2.04. The molecular formula is C16H23BrN2O2. The number of amides is 1. The Balaban J connectivity index is 2.15. The van der Waals surface area contributed by atoms with Gasteiger partial charge < -0.3 is 15.0 Å². The first kappa shape index (κ1) is 16.3. The van der Waals surface area contributed by atoms with Gasteiger partial charge in [0.1, 0.15) is 5.75 Å². The lowest BCUT2D eigenvalue weighted by Gasteiger charge is -2.32. The number of ether oxygens (including phenoxy) is 1. The molecule has 0 spiro atoms. The van der Waals surface area contributed by atoms with E-state index in [2.05, 4.69) is 21.2 Å². The molecule has 4 nitrogen and oxygen atoms in total. The summed E-state index contributed by atoms with van der Waals surface area (Å²) in [5.41, 5.74) is 0.648. The van der Waals surface area contributed by atoms with E-state index in [1.807, 2.05) is 44.0 Å². The van der Waals surface area contributed by atoms with Crippen LogP contribution in [0.1, 0.15) is 37.0 Å². The van der Waals surface area contributed by atoms with Gasteiger partial charge in [0.15, 0.2) is 0 Å². The highest BCUT2D eigenvalue weighted by atomic mass is 79.9. The van der Waals surface area contributed by atoms with Crippen molar-refractivity contribution in [2.45, 2.75) is 38.8 Å². The summed E-state index contributed by atoms with van der Waals surface area (Å²) in [7, 11) is 1.98. The molecule has 1 heterocycles. The van der Waals surface area contributed by atoms with Crippen molar-refractivity contribution in [2.75, 3.05) is 20.1 Å². The maximum atomic E-state index is 12.7. The number of nitrogens with one attached hydrogen (secondary N) is 1. The third kappa shape index (κ3) is 4.20. The topological polar surface area (TPSA) is 41.6 Å². The predicted octanol–water partition coefficient (Wildman–Crippen LogP) is 3.06. The molecule has 0 unspecified atom stereocenters. The SMILES string of the molecule is CNC1CCN(C(=O)c2ccc(Br)cc2OC(C)C)CC1. The summed E-state index contributed by atoms with van der Waals surface area (Å²) in [6.45, 7) is 5.52. The fraction of sp³-hybridized carbons (Fsp3) is 0.562. The van der Waals surface area contributed by atoms with Gasteiger partial charge in [0.05, 0.1) is 11.7 Å². The summed E-state index contributed by atoms with van der Waals surface area (Å²) >= 11 is 3.44. The number of carbonyl (C=O) groups excluding carboxylic acids is 1. The van der Waals surface area contributed by atoms with Crippen LogP contribution < -0.4 is 10.1 Å². The van der Waals surface area contributed by atoms with E-state index in [0.717, 1.165) is 30.4 Å². The molecule has 0 aliphatic carbocycles. The molecule has 0 bridgehead atoms. The number of likely N-dealkylation sites (tertiary alicyclic amines) is 1. The van der Waals surface area contributed by atoms with Crippen LogP contribution in [0.25, 0.3) is 0 Å². The van der Waals surface area contributed by atoms with Crippen LogP contribution in [-0.2, 0) is 0 Å². The first-order chi connectivity index (χ1) is 10.0. The lowest BCUT2D eigenvalue weighted by atomic mass is 10.0. The van der Waals surface area contributed by atoms with E-state index >= 15 is 0 Å². The Bertz CT molecular complexity index is 497. The van der Waals surface area contributed by atoms with E-state index in [9.17, 15) is 4.79 Å². The molecule has 5 heteroatoms. The molecule has 1 aliphatic rings. The van der Waals surface area contributed by atoms with Crippen LogP contribution >= 0.6 is 15.9 Å². The third-order valence-electron chi connectivity index (χ3n) is 3.73. The fourth-order valence-corrected chi connectivity index (χ4v) is 2.91. The number of hydrogen-bond donors (Lipinski definition) is 1. The van der Waals surface area contributed by atoms with E-state index < -0.39 is 0 Å². The Hall–Kier alpha value is -1.07. The Morgan fingerprint density at radius 1 is 1.38 bits per heavy atom. The molecule has 1 aromatic rings. The molecule has 21 heavy (non-hydrogen) atoms. The minimum atomic E-state index is 0.0425. The van der Waals surface area contributed by atoms with Crippen molar-refractivity contribution in [1.29, 1.82) is 0 Å². The van der Waals surface area contributed by atoms with E-state index in [4.69, 9.17) is 4.74 Å². The number of piperidine rings is 1. The monoisotopic (exact) mass is 354 g/mol. The molecule has 2 rings (SSSR count). The maximum absolute atomic E-state index is 12.7. The molecule has 1 aliphatic heterocycles. The summed E-state index contributed by atoms with van der Waals surface area (Å²) in [6, 6.07) is 6.12. The summed E-state index contributed by atoms with van der Waals surface area (Å²) < 4.78 is 6.71. The van der Waals surface area contributed by atoms with Crippen molar-refractivity contribution in [3.8, 4) is 5.75 Å². The van der Waals surface area contributed by atoms with Crippen LogP contribution in [-0.4, -0.2) is 43.1 Å². The Labute approximate surface area is 135 Å². The van der Waals surface area contributed by atoms with Gasteiger partial charge in [-0.15, -0.1) is 0 Å². The van der Waals surface area contributed by atoms with E-state index in [1.165, 1.54) is 0 Å². The van der Waals surface area contributed by atoms with Crippen molar-refractivity contribution < 1.29 is 9.53 Å². The molecule has 1 fully saturated rings. The lowest BCUT2D eigenvalue weighted by molar-refractivity contribution is 0.0701. The van der Waals surface area contributed by atoms with Gasteiger partial charge in [-0.05, 0) is 51.9 Å². The van der Waals surface area contributed by atoms with Gasteiger partial charge in [0, 0.05) is 23.6 Å². The van der Waals surface area contributed by atoms with Crippen LogP contribution in [0.4, 0.5) is 0 Å². The second-order valence-electron chi connectivity index (χ2n) is 5.66. The van der Waals surface area contributed by atoms with Gasteiger partial charge in [0.25, 0.3) is 5.91 Å². The molecule has 1 saturated heterocycles. The Morgan fingerprint density at radius 2 is 2.05 bits per heavy atom. The van der Waals surface area contributed by atoms with Crippen LogP contribution in [0, 0.1) is 0 Å². The van der Waals surface area contributed by atoms with Gasteiger partial charge in [0.2, 0.25) is 0 Å². The van der Waals surface area contributed by atoms with Crippen LogP contribution in [0.15, 0.2) is 22.7 Å². The summed E-state index contributed by atoms with van der Waals surface area (Å²) in [5.74, 6) is 0.716. The summed E-state index contributed by atoms with van der Waals surface area (Å²) in [5, 5.41) is 3.28. The fourth-order valence-electron chi connectivity index (χ4n) is 2.57. The number of rotatable bonds is 4. The molecule has 0 radical (unpaired) electrons. The van der Waals surface area contributed by atoms with Gasteiger partial charge in [-0.3, -0.25) is 4.79 Å². The first-order valence-corrected chi connectivity index (χ1v) is 8.23. The quantitative estimate of drug-likeness (QED) is 0.903. The minimum Gasteiger partial charge on any atom is -0.490 e. The average Bonchev–Trinajstić information content (AvgIpc) is 2.46. The van der Waals surface area contributed by atoms with Gasteiger partial charge in [-0.1, -0.05) is 15.9 Å². The average molecular weight is 355 g/mol. The van der Waals surface area contributed by atoms with Crippen LogP contribution in [0.3, 0.4) is 0 Å². The zero-order valence-electron chi connectivity index (χ0n) is 12.9. The molecule has 1 amide bonds. The van der Waals surface area contributed by atoms with Crippen molar-refractivity contribution in [3.05, 3.63) is 28.2 Å². The molecule has 0 saturated carbocycles. The zero-order valence-corrected chi connectivity index (χ0v) is 14.4. The highest BCUT2D eigenvalue weighted by Crippen LogP contribution is 2.27. The standard InChI is InChI=1S/C16H23BrN2O2/c1-11(2)21-15-10-12(17)4-5-14(15)16(20)19-8-6-13(18-3)7-9-19/h4-5,10-11,13,18H,6-9H2,1-3H3. The maximum Gasteiger partial charge on any atom is 0.257 e. The highest BCUT2D eigenvalue weighted by Gasteiger charge is 2.25. The normalized spacial score (nSPS) is 16.3. The van der Waals surface area contributed by atoms with E-state index in [-0.39, 0.29) is 12.0 Å². The lowest BCUT2D eigenvalue weighted by Crippen LogP contribution is -2.44. The largest absolute Gasteiger partial charge is 0.490 e. The van der Waals surface area contributed by atoms with Crippen LogP contribution in [0.5, 0.6) is 5.75 Å². The van der Waals surface area contributed by atoms with E-state index in [0.29, 0.717) is 17.4 Å². The Morgan fingerprint density at radius 3 is 2.62 bits per heavy atom. The second-order valence-corrected chi connectivity index (χ2v) is 6.58. The van der Waals surface area contributed by atoms with Crippen molar-refractivity contribution in [1.82, 2.24) is 10.2 Å². The van der Waals surface area contributed by atoms with Crippen molar-refractivity contribution in [3.63, 3.8) is 0 Å². The molecule has 1 N–H and O–H groups in total. The smallest absolute Gasteiger partial charge is 0.257 e. The van der Waals surface area contributed by atoms with Crippen LogP contribution in [0.2, 0.25) is 0 Å². The van der Waals surface area contributed by atoms with Crippen molar-refractivity contribution >= 4 is 21.8 Å². The van der Waals surface area contributed by atoms with Gasteiger partial charge in [-0.2, -0.15) is 0 Å². The first-order valence-electron chi connectivity index (χ1n) is 7.44. The number of carbonyl (C=O) groups is 1.